The Bertz CT molecular complexity index is 1060. The van der Waals surface area contributed by atoms with Gasteiger partial charge in [0.2, 0.25) is 10.0 Å². The van der Waals surface area contributed by atoms with Gasteiger partial charge in [0.15, 0.2) is 11.5 Å². The molecule has 1 amide bonds. The topological polar surface area (TPSA) is 84.9 Å². The highest BCUT2D eigenvalue weighted by Gasteiger charge is 2.26. The van der Waals surface area contributed by atoms with Crippen molar-refractivity contribution in [1.82, 2.24) is 9.62 Å². The summed E-state index contributed by atoms with van der Waals surface area (Å²) >= 11 is 0. The average molecular weight is 461 g/mol. The van der Waals surface area contributed by atoms with Gasteiger partial charge >= 0.3 is 0 Å². The predicted octanol–water partition coefficient (Wildman–Crippen LogP) is 4.07. The SMILES string of the molecule is COc1ccc(C(C)NC(=O)c2cc(S(=O)(=O)N3CCCCCC3)ccc2C)cc1OC. The molecule has 174 valence electrons. The number of nitrogens with zero attached hydrogens (tertiary/aromatic N) is 1. The van der Waals surface area contributed by atoms with Crippen molar-refractivity contribution >= 4 is 15.9 Å². The second-order valence-corrected chi connectivity index (χ2v) is 10.0. The van der Waals surface area contributed by atoms with E-state index in [2.05, 4.69) is 5.32 Å². The number of aryl methyl sites for hydroxylation is 1. The van der Waals surface area contributed by atoms with Gasteiger partial charge in [0, 0.05) is 18.7 Å². The standard InChI is InChI=1S/C24H32N2O5S/c1-17-9-11-20(32(28,29)26-13-7-5-6-8-14-26)16-21(17)24(27)25-18(2)19-10-12-22(30-3)23(15-19)31-4/h9-12,15-16,18H,5-8,13-14H2,1-4H3,(H,25,27). The van der Waals surface area contributed by atoms with E-state index in [1.54, 1.807) is 43.6 Å². The Morgan fingerprint density at radius 3 is 2.25 bits per heavy atom. The van der Waals surface area contributed by atoms with E-state index in [-0.39, 0.29) is 16.8 Å². The Morgan fingerprint density at radius 1 is 0.969 bits per heavy atom. The minimum absolute atomic E-state index is 0.161. The molecule has 1 unspecified atom stereocenters. The fourth-order valence-electron chi connectivity index (χ4n) is 3.92. The van der Waals surface area contributed by atoms with Crippen LogP contribution >= 0.6 is 0 Å². The molecule has 2 aromatic carbocycles. The molecule has 1 fully saturated rings. The molecule has 1 N–H and O–H groups in total. The van der Waals surface area contributed by atoms with E-state index < -0.39 is 10.0 Å². The Kier molecular flexibility index (Phi) is 7.79. The Morgan fingerprint density at radius 2 is 1.62 bits per heavy atom. The van der Waals surface area contributed by atoms with Gasteiger partial charge in [-0.1, -0.05) is 25.0 Å². The average Bonchev–Trinajstić information content (AvgIpc) is 3.08. The summed E-state index contributed by atoms with van der Waals surface area (Å²) in [5.41, 5.74) is 1.92. The second kappa shape index (κ2) is 10.4. The third kappa shape index (κ3) is 5.24. The third-order valence-electron chi connectivity index (χ3n) is 5.91. The van der Waals surface area contributed by atoms with Gasteiger partial charge in [0.05, 0.1) is 25.2 Å². The number of hydrogen-bond donors (Lipinski definition) is 1. The van der Waals surface area contributed by atoms with Crippen LogP contribution in [0.25, 0.3) is 0 Å². The van der Waals surface area contributed by atoms with Crippen molar-refractivity contribution in [2.75, 3.05) is 27.3 Å². The molecule has 1 heterocycles. The number of sulfonamides is 1. The van der Waals surface area contributed by atoms with Crippen LogP contribution in [-0.4, -0.2) is 45.9 Å². The van der Waals surface area contributed by atoms with Crippen LogP contribution in [0.1, 0.15) is 60.1 Å². The van der Waals surface area contributed by atoms with Crippen LogP contribution in [-0.2, 0) is 10.0 Å². The number of carbonyl (C=O) groups is 1. The minimum atomic E-state index is -3.63. The van der Waals surface area contributed by atoms with E-state index in [0.29, 0.717) is 30.2 Å². The largest absolute Gasteiger partial charge is 0.493 e. The quantitative estimate of drug-likeness (QED) is 0.673. The zero-order valence-electron chi connectivity index (χ0n) is 19.2. The lowest BCUT2D eigenvalue weighted by atomic mass is 10.1. The number of carbonyl (C=O) groups excluding carboxylic acids is 1. The summed E-state index contributed by atoms with van der Waals surface area (Å²) in [4.78, 5) is 13.2. The van der Waals surface area contributed by atoms with Crippen LogP contribution in [0.15, 0.2) is 41.3 Å². The summed E-state index contributed by atoms with van der Waals surface area (Å²) in [6, 6.07) is 9.93. The first kappa shape index (κ1) is 24.1. The minimum Gasteiger partial charge on any atom is -0.493 e. The Balaban J connectivity index is 1.82. The first-order valence-corrected chi connectivity index (χ1v) is 12.4. The Hall–Kier alpha value is -2.58. The summed E-state index contributed by atoms with van der Waals surface area (Å²) in [7, 11) is -0.505. The fraction of sp³-hybridized carbons (Fsp3) is 0.458. The number of benzene rings is 2. The van der Waals surface area contributed by atoms with Crippen molar-refractivity contribution in [3.05, 3.63) is 53.1 Å². The highest BCUT2D eigenvalue weighted by Crippen LogP contribution is 2.30. The molecule has 0 spiro atoms. The van der Waals surface area contributed by atoms with Gasteiger partial charge < -0.3 is 14.8 Å². The monoisotopic (exact) mass is 460 g/mol. The smallest absolute Gasteiger partial charge is 0.252 e. The molecule has 0 bridgehead atoms. The molecular weight excluding hydrogens is 428 g/mol. The molecule has 0 saturated carbocycles. The lowest BCUT2D eigenvalue weighted by molar-refractivity contribution is 0.0939. The number of ether oxygens (including phenoxy) is 2. The molecule has 0 aliphatic carbocycles. The van der Waals surface area contributed by atoms with Gasteiger partial charge in [0.25, 0.3) is 5.91 Å². The third-order valence-corrected chi connectivity index (χ3v) is 7.81. The lowest BCUT2D eigenvalue weighted by Gasteiger charge is -2.21. The summed E-state index contributed by atoms with van der Waals surface area (Å²) in [6.07, 6.45) is 3.81. The molecule has 1 saturated heterocycles. The van der Waals surface area contributed by atoms with Gasteiger partial charge in [-0.2, -0.15) is 4.31 Å². The summed E-state index contributed by atoms with van der Waals surface area (Å²) in [5, 5.41) is 2.97. The highest BCUT2D eigenvalue weighted by atomic mass is 32.2. The highest BCUT2D eigenvalue weighted by molar-refractivity contribution is 7.89. The van der Waals surface area contributed by atoms with Crippen LogP contribution in [0.5, 0.6) is 11.5 Å². The molecule has 1 atom stereocenters. The molecule has 1 aliphatic heterocycles. The van der Waals surface area contributed by atoms with Crippen molar-refractivity contribution in [3.8, 4) is 11.5 Å². The maximum Gasteiger partial charge on any atom is 0.252 e. The summed E-state index contributed by atoms with van der Waals surface area (Å²) < 4.78 is 38.5. The molecule has 0 radical (unpaired) electrons. The number of hydrogen-bond acceptors (Lipinski definition) is 5. The molecule has 2 aromatic rings. The van der Waals surface area contributed by atoms with Crippen LogP contribution in [0.3, 0.4) is 0 Å². The van der Waals surface area contributed by atoms with Crippen LogP contribution in [0, 0.1) is 6.92 Å². The van der Waals surface area contributed by atoms with Crippen molar-refractivity contribution in [3.63, 3.8) is 0 Å². The Labute approximate surface area is 190 Å². The van der Waals surface area contributed by atoms with Crippen LogP contribution in [0.2, 0.25) is 0 Å². The van der Waals surface area contributed by atoms with Gasteiger partial charge in [-0.15, -0.1) is 0 Å². The number of nitrogens with one attached hydrogen (secondary N) is 1. The summed E-state index contributed by atoms with van der Waals surface area (Å²) in [5.74, 6) is 0.863. The molecule has 0 aromatic heterocycles. The number of amides is 1. The van der Waals surface area contributed by atoms with Gasteiger partial charge in [0.1, 0.15) is 0 Å². The molecule has 8 heteroatoms. The molecule has 3 rings (SSSR count). The van der Waals surface area contributed by atoms with E-state index in [4.69, 9.17) is 9.47 Å². The zero-order valence-corrected chi connectivity index (χ0v) is 20.0. The van der Waals surface area contributed by atoms with Crippen LogP contribution < -0.4 is 14.8 Å². The van der Waals surface area contributed by atoms with Crippen LogP contribution in [0.4, 0.5) is 0 Å². The maximum absolute atomic E-state index is 13.2. The zero-order chi connectivity index (χ0) is 23.3. The maximum atomic E-state index is 13.2. The van der Waals surface area contributed by atoms with Gasteiger partial charge in [-0.05, 0) is 62.1 Å². The second-order valence-electron chi connectivity index (χ2n) is 8.10. The van der Waals surface area contributed by atoms with Gasteiger partial charge in [-0.25, -0.2) is 8.42 Å². The molecule has 1 aliphatic rings. The van der Waals surface area contributed by atoms with E-state index in [1.807, 2.05) is 19.1 Å². The first-order valence-electron chi connectivity index (χ1n) is 10.9. The van der Waals surface area contributed by atoms with Crippen molar-refractivity contribution in [2.24, 2.45) is 0 Å². The lowest BCUT2D eigenvalue weighted by Crippen LogP contribution is -2.32. The van der Waals surface area contributed by atoms with Crippen molar-refractivity contribution < 1.29 is 22.7 Å². The number of rotatable bonds is 7. The van der Waals surface area contributed by atoms with E-state index in [1.165, 1.54) is 6.07 Å². The number of methoxy groups -OCH3 is 2. The van der Waals surface area contributed by atoms with Gasteiger partial charge in [-0.3, -0.25) is 4.79 Å². The van der Waals surface area contributed by atoms with E-state index in [9.17, 15) is 13.2 Å². The predicted molar refractivity (Wildman–Crippen MR) is 124 cm³/mol. The van der Waals surface area contributed by atoms with Crippen molar-refractivity contribution in [1.29, 1.82) is 0 Å². The van der Waals surface area contributed by atoms with E-state index >= 15 is 0 Å². The normalized spacial score (nSPS) is 16.1. The molecule has 32 heavy (non-hydrogen) atoms. The molecular formula is C24H32N2O5S. The fourth-order valence-corrected chi connectivity index (χ4v) is 5.46. The van der Waals surface area contributed by atoms with E-state index in [0.717, 1.165) is 36.8 Å². The first-order chi connectivity index (χ1) is 15.3. The van der Waals surface area contributed by atoms with Crippen molar-refractivity contribution in [2.45, 2.75) is 50.5 Å². The molecule has 7 nitrogen and oxygen atoms in total. The summed E-state index contributed by atoms with van der Waals surface area (Å²) in [6.45, 7) is 4.72.